The number of hydrogen-bond donors (Lipinski definition) is 0. The van der Waals surface area contributed by atoms with E-state index in [1.165, 1.54) is 0 Å². The number of likely N-dealkylation sites (tertiary alicyclic amines) is 1. The smallest absolute Gasteiger partial charge is 0.232 e. The highest BCUT2D eigenvalue weighted by atomic mass is 16.2. The molecule has 0 spiro atoms. The van der Waals surface area contributed by atoms with Crippen molar-refractivity contribution < 1.29 is 9.59 Å². The highest BCUT2D eigenvalue weighted by Crippen LogP contribution is 2.22. The molecule has 4 nitrogen and oxygen atoms in total. The van der Waals surface area contributed by atoms with Gasteiger partial charge in [0.25, 0.3) is 0 Å². The Hall–Kier alpha value is -3.40. The van der Waals surface area contributed by atoms with Crippen molar-refractivity contribution in [1.29, 1.82) is 0 Å². The van der Waals surface area contributed by atoms with Gasteiger partial charge in [0.1, 0.15) is 6.67 Å². The predicted octanol–water partition coefficient (Wildman–Crippen LogP) is 4.82. The maximum atomic E-state index is 13.2. The third-order valence-electron chi connectivity index (χ3n) is 5.55. The summed E-state index contributed by atoms with van der Waals surface area (Å²) in [6.45, 7) is 3.04. The molecule has 4 heteroatoms. The highest BCUT2D eigenvalue weighted by Gasteiger charge is 2.25. The SMILES string of the molecule is Cc1ccc(N(CN2CCCC2=O)C(=O)Cc2ccc(-c3ccccc3)cc2)cc1. The van der Waals surface area contributed by atoms with Crippen LogP contribution in [0.5, 0.6) is 0 Å². The minimum Gasteiger partial charge on any atom is -0.324 e. The minimum atomic E-state index is -0.00832. The van der Waals surface area contributed by atoms with Crippen LogP contribution in [0.4, 0.5) is 5.69 Å². The van der Waals surface area contributed by atoms with Crippen LogP contribution >= 0.6 is 0 Å². The number of rotatable bonds is 6. The van der Waals surface area contributed by atoms with Crippen molar-refractivity contribution in [2.75, 3.05) is 18.1 Å². The number of benzene rings is 3. The maximum absolute atomic E-state index is 13.2. The van der Waals surface area contributed by atoms with Gasteiger partial charge in [-0.25, -0.2) is 0 Å². The van der Waals surface area contributed by atoms with E-state index in [2.05, 4.69) is 24.3 Å². The number of amides is 2. The van der Waals surface area contributed by atoms with Crippen molar-refractivity contribution >= 4 is 17.5 Å². The molecule has 0 N–H and O–H groups in total. The Bertz CT molecular complexity index is 1010. The van der Waals surface area contributed by atoms with Crippen LogP contribution in [0.2, 0.25) is 0 Å². The van der Waals surface area contributed by atoms with E-state index in [9.17, 15) is 9.59 Å². The third kappa shape index (κ3) is 4.60. The second kappa shape index (κ2) is 8.95. The van der Waals surface area contributed by atoms with Gasteiger partial charge < -0.3 is 4.90 Å². The lowest BCUT2D eigenvalue weighted by Gasteiger charge is -2.28. The average Bonchev–Trinajstić information content (AvgIpc) is 3.18. The molecule has 152 valence electrons. The molecule has 3 aromatic carbocycles. The zero-order valence-electron chi connectivity index (χ0n) is 17.3. The molecule has 1 fully saturated rings. The van der Waals surface area contributed by atoms with E-state index in [1.54, 1.807) is 9.80 Å². The van der Waals surface area contributed by atoms with Gasteiger partial charge in [0.2, 0.25) is 11.8 Å². The molecule has 0 saturated carbocycles. The lowest BCUT2D eigenvalue weighted by molar-refractivity contribution is -0.128. The Morgan fingerprint density at radius 1 is 0.900 bits per heavy atom. The number of carbonyl (C=O) groups is 2. The lowest BCUT2D eigenvalue weighted by atomic mass is 10.0. The van der Waals surface area contributed by atoms with Crippen LogP contribution in [0.15, 0.2) is 78.9 Å². The highest BCUT2D eigenvalue weighted by molar-refractivity contribution is 5.95. The summed E-state index contributed by atoms with van der Waals surface area (Å²) in [5, 5.41) is 0. The van der Waals surface area contributed by atoms with E-state index in [0.29, 0.717) is 26.1 Å². The van der Waals surface area contributed by atoms with E-state index < -0.39 is 0 Å². The first-order valence-corrected chi connectivity index (χ1v) is 10.4. The second-order valence-electron chi connectivity index (χ2n) is 7.80. The average molecular weight is 399 g/mol. The molecule has 0 radical (unpaired) electrons. The topological polar surface area (TPSA) is 40.6 Å². The zero-order chi connectivity index (χ0) is 20.9. The minimum absolute atomic E-state index is 0.00832. The largest absolute Gasteiger partial charge is 0.324 e. The van der Waals surface area contributed by atoms with Gasteiger partial charge in [-0.1, -0.05) is 72.3 Å². The van der Waals surface area contributed by atoms with Gasteiger partial charge in [-0.15, -0.1) is 0 Å². The number of nitrogens with zero attached hydrogens (tertiary/aromatic N) is 2. The van der Waals surface area contributed by atoms with E-state index >= 15 is 0 Å². The van der Waals surface area contributed by atoms with Crippen LogP contribution in [0, 0.1) is 6.92 Å². The monoisotopic (exact) mass is 398 g/mol. The molecule has 0 aromatic heterocycles. The summed E-state index contributed by atoms with van der Waals surface area (Å²) in [6, 6.07) is 26.2. The Morgan fingerprint density at radius 3 is 2.20 bits per heavy atom. The first-order chi connectivity index (χ1) is 14.6. The van der Waals surface area contributed by atoms with Gasteiger partial charge in [-0.05, 0) is 42.2 Å². The van der Waals surface area contributed by atoms with E-state index in [4.69, 9.17) is 0 Å². The maximum Gasteiger partial charge on any atom is 0.232 e. The van der Waals surface area contributed by atoms with Crippen molar-refractivity contribution in [3.63, 3.8) is 0 Å². The molecule has 0 bridgehead atoms. The van der Waals surface area contributed by atoms with Crippen molar-refractivity contribution in [2.24, 2.45) is 0 Å². The molecule has 3 aromatic rings. The number of anilines is 1. The van der Waals surface area contributed by atoms with Gasteiger partial charge in [0.15, 0.2) is 0 Å². The molecular formula is C26H26N2O2. The molecule has 1 saturated heterocycles. The predicted molar refractivity (Wildman–Crippen MR) is 120 cm³/mol. The number of carbonyl (C=O) groups excluding carboxylic acids is 2. The van der Waals surface area contributed by atoms with Gasteiger partial charge in [-0.2, -0.15) is 0 Å². The summed E-state index contributed by atoms with van der Waals surface area (Å²) in [5.74, 6) is 0.109. The molecular weight excluding hydrogens is 372 g/mol. The molecule has 1 aliphatic rings. The molecule has 0 unspecified atom stereocenters. The molecule has 2 amide bonds. The molecule has 1 aliphatic heterocycles. The zero-order valence-corrected chi connectivity index (χ0v) is 17.3. The molecule has 1 heterocycles. The van der Waals surface area contributed by atoms with Crippen LogP contribution in [0.1, 0.15) is 24.0 Å². The second-order valence-corrected chi connectivity index (χ2v) is 7.80. The van der Waals surface area contributed by atoms with Crippen LogP contribution in [0.25, 0.3) is 11.1 Å². The first kappa shape index (κ1) is 19.9. The van der Waals surface area contributed by atoms with Crippen LogP contribution in [-0.2, 0) is 16.0 Å². The molecule has 0 atom stereocenters. The quantitative estimate of drug-likeness (QED) is 0.597. The number of hydrogen-bond acceptors (Lipinski definition) is 2. The summed E-state index contributed by atoms with van der Waals surface area (Å²) < 4.78 is 0. The van der Waals surface area contributed by atoms with Crippen LogP contribution in [-0.4, -0.2) is 29.9 Å². The summed E-state index contributed by atoms with van der Waals surface area (Å²) >= 11 is 0. The summed E-state index contributed by atoms with van der Waals surface area (Å²) in [6.07, 6.45) is 1.72. The fourth-order valence-corrected chi connectivity index (χ4v) is 3.77. The fourth-order valence-electron chi connectivity index (χ4n) is 3.77. The van der Waals surface area contributed by atoms with E-state index in [-0.39, 0.29) is 11.8 Å². The number of aryl methyl sites for hydroxylation is 1. The normalized spacial score (nSPS) is 13.5. The van der Waals surface area contributed by atoms with Crippen LogP contribution in [0.3, 0.4) is 0 Å². The Balaban J connectivity index is 1.52. The van der Waals surface area contributed by atoms with Crippen molar-refractivity contribution in [1.82, 2.24) is 4.90 Å². The third-order valence-corrected chi connectivity index (χ3v) is 5.55. The molecule has 30 heavy (non-hydrogen) atoms. The Labute approximate surface area is 177 Å². The first-order valence-electron chi connectivity index (χ1n) is 10.4. The summed E-state index contributed by atoms with van der Waals surface area (Å²) in [5.41, 5.74) is 5.21. The van der Waals surface area contributed by atoms with E-state index in [1.807, 2.05) is 61.5 Å². The summed E-state index contributed by atoms with van der Waals surface area (Å²) in [4.78, 5) is 28.9. The van der Waals surface area contributed by atoms with Gasteiger partial charge in [0.05, 0.1) is 6.42 Å². The van der Waals surface area contributed by atoms with E-state index in [0.717, 1.165) is 34.4 Å². The Morgan fingerprint density at radius 2 is 1.57 bits per heavy atom. The molecule has 0 aliphatic carbocycles. The fraction of sp³-hybridized carbons (Fsp3) is 0.231. The van der Waals surface area contributed by atoms with Gasteiger partial charge in [0, 0.05) is 18.7 Å². The van der Waals surface area contributed by atoms with Crippen LogP contribution < -0.4 is 4.90 Å². The standard InChI is InChI=1S/C26H26N2O2/c1-20-9-15-24(16-10-20)28(19-27-17-5-8-25(27)29)26(30)18-21-11-13-23(14-12-21)22-6-3-2-4-7-22/h2-4,6-7,9-16H,5,8,17-19H2,1H3. The van der Waals surface area contributed by atoms with Crippen molar-refractivity contribution in [3.05, 3.63) is 90.0 Å². The van der Waals surface area contributed by atoms with Gasteiger partial charge >= 0.3 is 0 Å². The molecule has 4 rings (SSSR count). The Kier molecular flexibility index (Phi) is 5.94. The lowest BCUT2D eigenvalue weighted by Crippen LogP contribution is -2.43. The van der Waals surface area contributed by atoms with Crippen molar-refractivity contribution in [2.45, 2.75) is 26.2 Å². The van der Waals surface area contributed by atoms with Gasteiger partial charge in [-0.3, -0.25) is 14.5 Å². The van der Waals surface area contributed by atoms with Crippen molar-refractivity contribution in [3.8, 4) is 11.1 Å². The summed E-state index contributed by atoms with van der Waals surface area (Å²) in [7, 11) is 0.